The van der Waals surface area contributed by atoms with Crippen molar-refractivity contribution in [3.05, 3.63) is 46.8 Å². The summed E-state index contributed by atoms with van der Waals surface area (Å²) in [5.74, 6) is 1.30. The van der Waals surface area contributed by atoms with Gasteiger partial charge in [-0.25, -0.2) is 9.97 Å². The van der Waals surface area contributed by atoms with E-state index in [4.69, 9.17) is 4.74 Å². The van der Waals surface area contributed by atoms with Gasteiger partial charge in [0.25, 0.3) is 0 Å². The molecule has 2 aromatic rings. The van der Waals surface area contributed by atoms with Crippen LogP contribution in [0.4, 0.5) is 0 Å². The monoisotopic (exact) mass is 264 g/mol. The molecule has 1 heterocycles. The van der Waals surface area contributed by atoms with Crippen LogP contribution in [0, 0.1) is 6.92 Å². The lowest BCUT2D eigenvalue weighted by Gasteiger charge is -2.05. The van der Waals surface area contributed by atoms with Crippen LogP contribution in [0.5, 0.6) is 11.6 Å². The SMILES string of the molecule is Cc1cccc(Oc2ncncc2Br)c1. The fraction of sp³-hybridized carbons (Fsp3) is 0.0909. The van der Waals surface area contributed by atoms with Crippen molar-refractivity contribution >= 4 is 15.9 Å². The molecule has 76 valence electrons. The fourth-order valence-electron chi connectivity index (χ4n) is 1.17. The third-order valence-electron chi connectivity index (χ3n) is 1.84. The predicted molar refractivity (Wildman–Crippen MR) is 61.0 cm³/mol. The molecule has 0 aliphatic carbocycles. The number of hydrogen-bond acceptors (Lipinski definition) is 3. The number of nitrogens with zero attached hydrogens (tertiary/aromatic N) is 2. The van der Waals surface area contributed by atoms with Crippen LogP contribution >= 0.6 is 15.9 Å². The van der Waals surface area contributed by atoms with Crippen molar-refractivity contribution in [2.75, 3.05) is 0 Å². The van der Waals surface area contributed by atoms with E-state index in [-0.39, 0.29) is 0 Å². The Hall–Kier alpha value is -1.42. The van der Waals surface area contributed by atoms with Gasteiger partial charge in [-0.3, -0.25) is 0 Å². The highest BCUT2D eigenvalue weighted by atomic mass is 79.9. The van der Waals surface area contributed by atoms with Crippen LogP contribution in [0.25, 0.3) is 0 Å². The van der Waals surface area contributed by atoms with Gasteiger partial charge in [0.1, 0.15) is 12.1 Å². The minimum absolute atomic E-state index is 0.524. The number of rotatable bonds is 2. The number of halogens is 1. The predicted octanol–water partition coefficient (Wildman–Crippen LogP) is 3.34. The third kappa shape index (κ3) is 2.53. The standard InChI is InChI=1S/C11H9BrN2O/c1-8-3-2-4-9(5-8)15-11-10(12)6-13-7-14-11/h2-7H,1H3. The van der Waals surface area contributed by atoms with Gasteiger partial charge >= 0.3 is 0 Å². The molecule has 0 aliphatic heterocycles. The van der Waals surface area contributed by atoms with Gasteiger partial charge in [0.15, 0.2) is 0 Å². The maximum absolute atomic E-state index is 5.59. The highest BCUT2D eigenvalue weighted by Crippen LogP contribution is 2.26. The Morgan fingerprint density at radius 2 is 2.20 bits per heavy atom. The van der Waals surface area contributed by atoms with Crippen LogP contribution in [0.2, 0.25) is 0 Å². The zero-order valence-corrected chi connectivity index (χ0v) is 9.73. The topological polar surface area (TPSA) is 35.0 Å². The molecule has 0 radical (unpaired) electrons. The zero-order chi connectivity index (χ0) is 10.7. The third-order valence-corrected chi connectivity index (χ3v) is 2.38. The lowest BCUT2D eigenvalue weighted by atomic mass is 10.2. The molecular formula is C11H9BrN2O. The molecule has 0 spiro atoms. The number of aryl methyl sites for hydroxylation is 1. The van der Waals surface area contributed by atoms with Gasteiger partial charge in [0.05, 0.1) is 4.47 Å². The van der Waals surface area contributed by atoms with E-state index in [0.717, 1.165) is 15.8 Å². The van der Waals surface area contributed by atoms with Crippen molar-refractivity contribution in [3.8, 4) is 11.6 Å². The lowest BCUT2D eigenvalue weighted by Crippen LogP contribution is -1.90. The molecule has 15 heavy (non-hydrogen) atoms. The molecule has 0 aliphatic rings. The fourth-order valence-corrected chi connectivity index (χ4v) is 1.47. The van der Waals surface area contributed by atoms with Gasteiger partial charge in [-0.1, -0.05) is 12.1 Å². The first kappa shape index (κ1) is 10.1. The molecule has 1 aromatic carbocycles. The van der Waals surface area contributed by atoms with E-state index in [1.54, 1.807) is 6.20 Å². The van der Waals surface area contributed by atoms with Crippen LogP contribution < -0.4 is 4.74 Å². The quantitative estimate of drug-likeness (QED) is 0.835. The molecule has 0 bridgehead atoms. The van der Waals surface area contributed by atoms with Crippen LogP contribution in [-0.2, 0) is 0 Å². The van der Waals surface area contributed by atoms with Gasteiger partial charge in [0, 0.05) is 6.20 Å². The van der Waals surface area contributed by atoms with Gasteiger partial charge < -0.3 is 4.74 Å². The second-order valence-electron chi connectivity index (χ2n) is 3.09. The van der Waals surface area contributed by atoms with Gasteiger partial charge in [-0.05, 0) is 40.5 Å². The summed E-state index contributed by atoms with van der Waals surface area (Å²) < 4.78 is 6.33. The van der Waals surface area contributed by atoms with Crippen molar-refractivity contribution in [3.63, 3.8) is 0 Å². The first-order valence-electron chi connectivity index (χ1n) is 4.46. The minimum atomic E-state index is 0.524. The second-order valence-corrected chi connectivity index (χ2v) is 3.95. The van der Waals surface area contributed by atoms with Crippen molar-refractivity contribution in [2.45, 2.75) is 6.92 Å². The first-order chi connectivity index (χ1) is 7.25. The van der Waals surface area contributed by atoms with E-state index in [0.29, 0.717) is 5.88 Å². The van der Waals surface area contributed by atoms with Crippen LogP contribution in [-0.4, -0.2) is 9.97 Å². The number of benzene rings is 1. The molecule has 0 unspecified atom stereocenters. The minimum Gasteiger partial charge on any atom is -0.438 e. The zero-order valence-electron chi connectivity index (χ0n) is 8.14. The van der Waals surface area contributed by atoms with Gasteiger partial charge in [-0.15, -0.1) is 0 Å². The van der Waals surface area contributed by atoms with Gasteiger partial charge in [0.2, 0.25) is 5.88 Å². The summed E-state index contributed by atoms with van der Waals surface area (Å²) in [5, 5.41) is 0. The molecule has 0 N–H and O–H groups in total. The Bertz CT molecular complexity index is 474. The summed E-state index contributed by atoms with van der Waals surface area (Å²) in [6.45, 7) is 2.02. The smallest absolute Gasteiger partial charge is 0.236 e. The largest absolute Gasteiger partial charge is 0.438 e. The van der Waals surface area contributed by atoms with E-state index in [1.807, 2.05) is 31.2 Å². The molecule has 0 amide bonds. The number of hydrogen-bond donors (Lipinski definition) is 0. The molecule has 4 heteroatoms. The Morgan fingerprint density at radius 1 is 1.33 bits per heavy atom. The summed E-state index contributed by atoms with van der Waals surface area (Å²) >= 11 is 3.32. The first-order valence-corrected chi connectivity index (χ1v) is 5.25. The number of ether oxygens (including phenoxy) is 1. The maximum atomic E-state index is 5.59. The van der Waals surface area contributed by atoms with Gasteiger partial charge in [-0.2, -0.15) is 0 Å². The Kier molecular flexibility index (Phi) is 2.97. The van der Waals surface area contributed by atoms with Crippen molar-refractivity contribution in [1.82, 2.24) is 9.97 Å². The number of aromatic nitrogens is 2. The van der Waals surface area contributed by atoms with Crippen LogP contribution in [0.15, 0.2) is 41.3 Å². The van der Waals surface area contributed by atoms with E-state index in [9.17, 15) is 0 Å². The Morgan fingerprint density at radius 3 is 2.93 bits per heavy atom. The summed E-state index contributed by atoms with van der Waals surface area (Å²) in [6, 6.07) is 7.80. The van der Waals surface area contributed by atoms with E-state index >= 15 is 0 Å². The molecule has 3 nitrogen and oxygen atoms in total. The van der Waals surface area contributed by atoms with E-state index < -0.39 is 0 Å². The molecule has 0 fully saturated rings. The molecule has 0 saturated heterocycles. The maximum Gasteiger partial charge on any atom is 0.236 e. The van der Waals surface area contributed by atoms with E-state index in [2.05, 4.69) is 25.9 Å². The van der Waals surface area contributed by atoms with Crippen molar-refractivity contribution < 1.29 is 4.74 Å². The average molecular weight is 265 g/mol. The normalized spacial score (nSPS) is 10.0. The molecule has 0 atom stereocenters. The van der Waals surface area contributed by atoms with Crippen LogP contribution in [0.1, 0.15) is 5.56 Å². The van der Waals surface area contributed by atoms with Crippen molar-refractivity contribution in [1.29, 1.82) is 0 Å². The molecular weight excluding hydrogens is 256 g/mol. The molecule has 1 aromatic heterocycles. The summed E-state index contributed by atoms with van der Waals surface area (Å²) in [5.41, 5.74) is 1.15. The Balaban J connectivity index is 2.26. The highest BCUT2D eigenvalue weighted by molar-refractivity contribution is 9.10. The summed E-state index contributed by atoms with van der Waals surface area (Å²) in [4.78, 5) is 7.89. The van der Waals surface area contributed by atoms with Crippen LogP contribution in [0.3, 0.4) is 0 Å². The Labute approximate surface area is 96.3 Å². The van der Waals surface area contributed by atoms with E-state index in [1.165, 1.54) is 6.33 Å². The van der Waals surface area contributed by atoms with Crippen molar-refractivity contribution in [2.24, 2.45) is 0 Å². The molecule has 0 saturated carbocycles. The second kappa shape index (κ2) is 4.40. The highest BCUT2D eigenvalue weighted by Gasteiger charge is 2.03. The lowest BCUT2D eigenvalue weighted by molar-refractivity contribution is 0.457. The average Bonchev–Trinajstić information content (AvgIpc) is 2.22. The molecule has 2 rings (SSSR count). The summed E-state index contributed by atoms with van der Waals surface area (Å²) in [7, 11) is 0. The summed E-state index contributed by atoms with van der Waals surface area (Å²) in [6.07, 6.45) is 3.11.